The lowest BCUT2D eigenvalue weighted by atomic mass is 10.0. The average Bonchev–Trinajstić information content (AvgIpc) is 2.41. The van der Waals surface area contributed by atoms with Gasteiger partial charge in [0.05, 0.1) is 17.9 Å². The monoisotopic (exact) mass is 341 g/mol. The molecule has 1 amide bonds. The average molecular weight is 342 g/mol. The smallest absolute Gasteiger partial charge is 0.338 e. The van der Waals surface area contributed by atoms with Gasteiger partial charge in [-0.25, -0.2) is 4.79 Å². The van der Waals surface area contributed by atoms with Crippen molar-refractivity contribution in [3.63, 3.8) is 0 Å². The summed E-state index contributed by atoms with van der Waals surface area (Å²) < 4.78 is 5.59. The second-order valence-electron chi connectivity index (χ2n) is 4.68. The molecule has 0 saturated carbocycles. The Morgan fingerprint density at radius 1 is 1.35 bits per heavy atom. The van der Waals surface area contributed by atoms with E-state index in [0.29, 0.717) is 34.7 Å². The Bertz CT molecular complexity index is 488. The number of carbonyl (C=O) groups excluding carboxylic acids is 2. The fourth-order valence-corrected chi connectivity index (χ4v) is 2.10. The fraction of sp³-hybridized carbons (Fsp3) is 0.467. The molecule has 110 valence electrons. The standard InChI is InChI=1S/C15H20BrNO3/c1-4-10(3)8-14(18)17-13-7-6-11(9-12(13)16)15(19)20-5-2/h6-7,9-10H,4-5,8H2,1-3H3,(H,17,18). The van der Waals surface area contributed by atoms with Crippen molar-refractivity contribution in [1.29, 1.82) is 0 Å². The van der Waals surface area contributed by atoms with Crippen LogP contribution in [0.3, 0.4) is 0 Å². The van der Waals surface area contributed by atoms with Crippen LogP contribution in [0.15, 0.2) is 22.7 Å². The van der Waals surface area contributed by atoms with Gasteiger partial charge in [0.25, 0.3) is 0 Å². The van der Waals surface area contributed by atoms with E-state index in [1.807, 2.05) is 6.92 Å². The summed E-state index contributed by atoms with van der Waals surface area (Å²) in [6.45, 7) is 6.20. The molecular weight excluding hydrogens is 322 g/mol. The van der Waals surface area contributed by atoms with Crippen LogP contribution in [-0.4, -0.2) is 18.5 Å². The molecule has 1 N–H and O–H groups in total. The first-order valence-electron chi connectivity index (χ1n) is 6.74. The molecule has 1 rings (SSSR count). The molecule has 0 radical (unpaired) electrons. The lowest BCUT2D eigenvalue weighted by Gasteiger charge is -2.11. The van der Waals surface area contributed by atoms with Crippen LogP contribution in [0.2, 0.25) is 0 Å². The van der Waals surface area contributed by atoms with Crippen LogP contribution in [0.1, 0.15) is 44.0 Å². The van der Waals surface area contributed by atoms with E-state index in [1.54, 1.807) is 25.1 Å². The third-order valence-corrected chi connectivity index (χ3v) is 3.64. The molecule has 5 heteroatoms. The van der Waals surface area contributed by atoms with Gasteiger partial charge in [-0.1, -0.05) is 20.3 Å². The van der Waals surface area contributed by atoms with Gasteiger partial charge in [-0.05, 0) is 47.0 Å². The molecular formula is C15H20BrNO3. The lowest BCUT2D eigenvalue weighted by Crippen LogP contribution is -2.15. The summed E-state index contributed by atoms with van der Waals surface area (Å²) in [7, 11) is 0. The molecule has 1 atom stereocenters. The van der Waals surface area contributed by atoms with E-state index in [0.717, 1.165) is 6.42 Å². The van der Waals surface area contributed by atoms with Gasteiger partial charge in [0.1, 0.15) is 0 Å². The van der Waals surface area contributed by atoms with Gasteiger partial charge in [-0.2, -0.15) is 0 Å². The first-order valence-corrected chi connectivity index (χ1v) is 7.53. The zero-order valence-corrected chi connectivity index (χ0v) is 13.6. The van der Waals surface area contributed by atoms with Gasteiger partial charge in [0.2, 0.25) is 5.91 Å². The number of halogens is 1. The molecule has 1 aromatic rings. The van der Waals surface area contributed by atoms with Crippen molar-refractivity contribution in [3.8, 4) is 0 Å². The number of ether oxygens (including phenoxy) is 1. The second kappa shape index (κ2) is 8.04. The minimum atomic E-state index is -0.370. The highest BCUT2D eigenvalue weighted by Crippen LogP contribution is 2.24. The Labute approximate surface area is 128 Å². The number of nitrogens with one attached hydrogen (secondary N) is 1. The summed E-state index contributed by atoms with van der Waals surface area (Å²) in [5, 5.41) is 2.84. The molecule has 1 unspecified atom stereocenters. The highest BCUT2D eigenvalue weighted by molar-refractivity contribution is 9.10. The van der Waals surface area contributed by atoms with Crippen LogP contribution in [0.25, 0.3) is 0 Å². The predicted molar refractivity (Wildman–Crippen MR) is 82.8 cm³/mol. The highest BCUT2D eigenvalue weighted by atomic mass is 79.9. The molecule has 0 aromatic heterocycles. The van der Waals surface area contributed by atoms with E-state index in [4.69, 9.17) is 4.74 Å². The van der Waals surface area contributed by atoms with E-state index >= 15 is 0 Å². The number of amides is 1. The Kier molecular flexibility index (Phi) is 6.71. The van der Waals surface area contributed by atoms with Gasteiger partial charge in [-0.15, -0.1) is 0 Å². The van der Waals surface area contributed by atoms with Gasteiger partial charge >= 0.3 is 5.97 Å². The zero-order chi connectivity index (χ0) is 15.1. The minimum absolute atomic E-state index is 0.0241. The van der Waals surface area contributed by atoms with E-state index in [1.165, 1.54) is 0 Å². The van der Waals surface area contributed by atoms with Gasteiger partial charge in [-0.3, -0.25) is 4.79 Å². The molecule has 0 aliphatic rings. The Morgan fingerprint density at radius 2 is 2.05 bits per heavy atom. The summed E-state index contributed by atoms with van der Waals surface area (Å²) in [4.78, 5) is 23.4. The topological polar surface area (TPSA) is 55.4 Å². The van der Waals surface area contributed by atoms with Crippen molar-refractivity contribution in [3.05, 3.63) is 28.2 Å². The number of carbonyl (C=O) groups is 2. The molecule has 0 spiro atoms. The summed E-state index contributed by atoms with van der Waals surface area (Å²) in [5.74, 6) is -0.0396. The maximum atomic E-state index is 11.8. The number of benzene rings is 1. The summed E-state index contributed by atoms with van der Waals surface area (Å²) in [6.07, 6.45) is 1.46. The van der Waals surface area contributed by atoms with Crippen molar-refractivity contribution in [2.45, 2.75) is 33.6 Å². The number of rotatable bonds is 6. The largest absolute Gasteiger partial charge is 0.462 e. The highest BCUT2D eigenvalue weighted by Gasteiger charge is 2.12. The molecule has 0 bridgehead atoms. The first-order chi connectivity index (χ1) is 9.47. The normalized spacial score (nSPS) is 11.8. The van der Waals surface area contributed by atoms with Gasteiger partial charge in [0.15, 0.2) is 0 Å². The van der Waals surface area contributed by atoms with Crippen LogP contribution in [0, 0.1) is 5.92 Å². The van der Waals surface area contributed by atoms with E-state index in [2.05, 4.69) is 28.2 Å². The maximum Gasteiger partial charge on any atom is 0.338 e. The SMILES string of the molecule is CCOC(=O)c1ccc(NC(=O)CC(C)CC)c(Br)c1. The molecule has 0 aliphatic heterocycles. The Balaban J connectivity index is 2.73. The van der Waals surface area contributed by atoms with Crippen LogP contribution < -0.4 is 5.32 Å². The van der Waals surface area contributed by atoms with Crippen molar-refractivity contribution < 1.29 is 14.3 Å². The Morgan fingerprint density at radius 3 is 2.60 bits per heavy atom. The zero-order valence-electron chi connectivity index (χ0n) is 12.0. The van der Waals surface area contributed by atoms with Crippen molar-refractivity contribution >= 4 is 33.5 Å². The second-order valence-corrected chi connectivity index (χ2v) is 5.54. The minimum Gasteiger partial charge on any atom is -0.462 e. The predicted octanol–water partition coefficient (Wildman–Crippen LogP) is 4.00. The molecule has 1 aromatic carbocycles. The third kappa shape index (κ3) is 4.96. The summed E-state index contributed by atoms with van der Waals surface area (Å²) in [5.41, 5.74) is 1.12. The number of hydrogen-bond acceptors (Lipinski definition) is 3. The van der Waals surface area contributed by atoms with Crippen LogP contribution >= 0.6 is 15.9 Å². The van der Waals surface area contributed by atoms with Crippen LogP contribution in [0.4, 0.5) is 5.69 Å². The first kappa shape index (κ1) is 16.7. The lowest BCUT2D eigenvalue weighted by molar-refractivity contribution is -0.117. The molecule has 0 aliphatic carbocycles. The third-order valence-electron chi connectivity index (χ3n) is 2.99. The maximum absolute atomic E-state index is 11.8. The van der Waals surface area contributed by atoms with E-state index in [-0.39, 0.29) is 11.9 Å². The number of esters is 1. The van der Waals surface area contributed by atoms with Crippen LogP contribution in [-0.2, 0) is 9.53 Å². The molecule has 0 heterocycles. The van der Waals surface area contributed by atoms with E-state index < -0.39 is 0 Å². The summed E-state index contributed by atoms with van der Waals surface area (Å²) in [6, 6.07) is 4.99. The molecule has 4 nitrogen and oxygen atoms in total. The fourth-order valence-electron chi connectivity index (χ4n) is 1.62. The van der Waals surface area contributed by atoms with Gasteiger partial charge < -0.3 is 10.1 Å². The summed E-state index contributed by atoms with van der Waals surface area (Å²) >= 11 is 3.36. The van der Waals surface area contributed by atoms with Crippen molar-refractivity contribution in [2.75, 3.05) is 11.9 Å². The van der Waals surface area contributed by atoms with Crippen LogP contribution in [0.5, 0.6) is 0 Å². The van der Waals surface area contributed by atoms with Crippen molar-refractivity contribution in [2.24, 2.45) is 5.92 Å². The molecule has 20 heavy (non-hydrogen) atoms. The Hall–Kier alpha value is -1.36. The molecule has 0 fully saturated rings. The quantitative estimate of drug-likeness (QED) is 0.795. The number of anilines is 1. The number of hydrogen-bond donors (Lipinski definition) is 1. The van der Waals surface area contributed by atoms with Crippen molar-refractivity contribution in [1.82, 2.24) is 0 Å². The molecule has 0 saturated heterocycles. The van der Waals surface area contributed by atoms with Gasteiger partial charge in [0, 0.05) is 10.9 Å². The van der Waals surface area contributed by atoms with E-state index in [9.17, 15) is 9.59 Å².